The van der Waals surface area contributed by atoms with Crippen LogP contribution in [0.4, 0.5) is 0 Å². The average molecular weight is 315 g/mol. The molecule has 0 aromatic rings. The Bertz CT molecular complexity index is 363. The molecule has 0 bridgehead atoms. The third-order valence-electron chi connectivity index (χ3n) is 4.48. The second-order valence-electron chi connectivity index (χ2n) is 6.49. The van der Waals surface area contributed by atoms with E-state index in [-0.39, 0.29) is 18.5 Å². The Hall–Kier alpha value is -0.590. The third-order valence-corrected chi connectivity index (χ3v) is 5.84. The van der Waals surface area contributed by atoms with Gasteiger partial charge in [0.15, 0.2) is 0 Å². The van der Waals surface area contributed by atoms with Crippen LogP contribution >= 0.6 is 11.8 Å². The molecule has 6 heteroatoms. The molecule has 0 aromatic carbocycles. The molecule has 0 spiro atoms. The molecule has 0 aliphatic carbocycles. The highest BCUT2D eigenvalue weighted by Gasteiger charge is 2.41. The van der Waals surface area contributed by atoms with Crippen molar-refractivity contribution < 1.29 is 9.59 Å². The van der Waals surface area contributed by atoms with Crippen molar-refractivity contribution in [3.05, 3.63) is 0 Å². The van der Waals surface area contributed by atoms with Gasteiger partial charge in [-0.15, -0.1) is 11.8 Å². The van der Waals surface area contributed by atoms with Gasteiger partial charge in [-0.1, -0.05) is 13.8 Å². The number of hydrogen-bond acceptors (Lipinski definition) is 5. The zero-order valence-corrected chi connectivity index (χ0v) is 14.6. The average Bonchev–Trinajstić information content (AvgIpc) is 2.61. The van der Waals surface area contributed by atoms with Gasteiger partial charge in [-0.2, -0.15) is 0 Å². The zero-order chi connectivity index (χ0) is 16.0. The molecule has 5 nitrogen and oxygen atoms in total. The number of nitrogens with one attached hydrogen (secondary N) is 2. The Morgan fingerprint density at radius 3 is 2.67 bits per heavy atom. The first-order chi connectivity index (χ1) is 9.81. The highest BCUT2D eigenvalue weighted by molar-refractivity contribution is 7.99. The molecule has 0 saturated carbocycles. The maximum Gasteiger partial charge on any atom is 0.234 e. The van der Waals surface area contributed by atoms with Crippen molar-refractivity contribution in [2.45, 2.75) is 51.1 Å². The van der Waals surface area contributed by atoms with Crippen LogP contribution in [0.5, 0.6) is 0 Å². The van der Waals surface area contributed by atoms with E-state index in [9.17, 15) is 9.59 Å². The molecule has 1 aliphatic rings. The molecule has 0 radical (unpaired) electrons. The van der Waals surface area contributed by atoms with Crippen molar-refractivity contribution in [1.29, 1.82) is 0 Å². The standard InChI is InChI=1S/C15H29N3O2S/c1-11-15(2,3)8-14(18(11)5)21-7-6-12(10-19)17-13(20)9-16-4/h10-12,14,16H,6-9H2,1-5H3,(H,17,20)/t11-,12+,14?/m1/s1. The lowest BCUT2D eigenvalue weighted by Crippen LogP contribution is -2.41. The molecule has 3 atom stereocenters. The first-order valence-electron chi connectivity index (χ1n) is 7.54. The van der Waals surface area contributed by atoms with Crippen LogP contribution < -0.4 is 10.6 Å². The summed E-state index contributed by atoms with van der Waals surface area (Å²) in [6.07, 6.45) is 2.68. The van der Waals surface area contributed by atoms with Crippen LogP contribution in [0.15, 0.2) is 0 Å². The van der Waals surface area contributed by atoms with E-state index in [0.29, 0.717) is 23.3 Å². The Balaban J connectivity index is 2.35. The Kier molecular flexibility index (Phi) is 7.16. The van der Waals surface area contributed by atoms with Crippen LogP contribution in [0, 0.1) is 5.41 Å². The third kappa shape index (κ3) is 5.27. The fourth-order valence-corrected chi connectivity index (χ4v) is 4.29. The maximum absolute atomic E-state index is 11.5. The highest BCUT2D eigenvalue weighted by atomic mass is 32.2. The zero-order valence-electron chi connectivity index (χ0n) is 13.8. The second kappa shape index (κ2) is 8.15. The number of amides is 1. The molecule has 0 aromatic heterocycles. The normalized spacial score (nSPS) is 26.5. The fraction of sp³-hybridized carbons (Fsp3) is 0.867. The minimum atomic E-state index is -0.379. The molecule has 2 N–H and O–H groups in total. The summed E-state index contributed by atoms with van der Waals surface area (Å²) in [5.74, 6) is 0.744. The lowest BCUT2D eigenvalue weighted by molar-refractivity contribution is -0.123. The summed E-state index contributed by atoms with van der Waals surface area (Å²) in [5, 5.41) is 6.01. The van der Waals surface area contributed by atoms with Crippen molar-refractivity contribution in [2.24, 2.45) is 5.41 Å². The van der Waals surface area contributed by atoms with Crippen LogP contribution in [0.1, 0.15) is 33.6 Å². The number of likely N-dealkylation sites (tertiary alicyclic amines) is 1. The summed E-state index contributed by atoms with van der Waals surface area (Å²) >= 11 is 1.88. The van der Waals surface area contributed by atoms with Crippen LogP contribution in [-0.2, 0) is 9.59 Å². The molecule has 1 heterocycles. The lowest BCUT2D eigenvalue weighted by Gasteiger charge is -2.27. The van der Waals surface area contributed by atoms with Gasteiger partial charge < -0.3 is 15.4 Å². The van der Waals surface area contributed by atoms with Gasteiger partial charge in [-0.25, -0.2) is 0 Å². The van der Waals surface area contributed by atoms with Crippen molar-refractivity contribution in [1.82, 2.24) is 15.5 Å². The number of nitrogens with zero attached hydrogens (tertiary/aromatic N) is 1. The number of carbonyl (C=O) groups is 2. The molecule has 1 amide bonds. The number of hydrogen-bond donors (Lipinski definition) is 2. The fourth-order valence-electron chi connectivity index (χ4n) is 2.67. The quantitative estimate of drug-likeness (QED) is 0.657. The molecular formula is C15H29N3O2S. The minimum absolute atomic E-state index is 0.132. The van der Waals surface area contributed by atoms with Crippen molar-refractivity contribution in [3.63, 3.8) is 0 Å². The minimum Gasteiger partial charge on any atom is -0.345 e. The van der Waals surface area contributed by atoms with Crippen LogP contribution in [0.3, 0.4) is 0 Å². The predicted octanol–water partition coefficient (Wildman–Crippen LogP) is 1.09. The first-order valence-corrected chi connectivity index (χ1v) is 8.59. The summed E-state index contributed by atoms with van der Waals surface area (Å²) < 4.78 is 0. The van der Waals surface area contributed by atoms with E-state index >= 15 is 0 Å². The van der Waals surface area contributed by atoms with E-state index in [1.807, 2.05) is 11.8 Å². The van der Waals surface area contributed by atoms with Gasteiger partial charge in [-0.3, -0.25) is 9.69 Å². The second-order valence-corrected chi connectivity index (χ2v) is 7.77. The molecular weight excluding hydrogens is 286 g/mol. The molecule has 122 valence electrons. The Morgan fingerprint density at radius 2 is 2.19 bits per heavy atom. The van der Waals surface area contributed by atoms with Gasteiger partial charge >= 0.3 is 0 Å². The van der Waals surface area contributed by atoms with E-state index in [1.54, 1.807) is 7.05 Å². The number of likely N-dealkylation sites (N-methyl/N-ethyl adjacent to an activating group) is 1. The molecule has 1 aliphatic heterocycles. The van der Waals surface area contributed by atoms with Gasteiger partial charge in [0.25, 0.3) is 0 Å². The number of thioether (sulfide) groups is 1. The van der Waals surface area contributed by atoms with Crippen molar-refractivity contribution in [3.8, 4) is 0 Å². The topological polar surface area (TPSA) is 61.4 Å². The van der Waals surface area contributed by atoms with Crippen LogP contribution in [0.2, 0.25) is 0 Å². The van der Waals surface area contributed by atoms with Crippen molar-refractivity contribution in [2.75, 3.05) is 26.4 Å². The summed E-state index contributed by atoms with van der Waals surface area (Å²) in [5.41, 5.74) is 0.331. The van der Waals surface area contributed by atoms with Gasteiger partial charge in [0.2, 0.25) is 5.91 Å². The molecule has 1 unspecified atom stereocenters. The summed E-state index contributed by atoms with van der Waals surface area (Å²) in [7, 11) is 3.88. The van der Waals surface area contributed by atoms with Gasteiger partial charge in [0.05, 0.1) is 18.0 Å². The van der Waals surface area contributed by atoms with E-state index < -0.39 is 0 Å². The Labute approximate surface area is 132 Å². The Morgan fingerprint density at radius 1 is 1.52 bits per heavy atom. The van der Waals surface area contributed by atoms with E-state index in [4.69, 9.17) is 0 Å². The van der Waals surface area contributed by atoms with E-state index in [2.05, 4.69) is 43.4 Å². The smallest absolute Gasteiger partial charge is 0.234 e. The number of aldehydes is 1. The summed E-state index contributed by atoms with van der Waals surface area (Å²) in [6.45, 7) is 7.13. The van der Waals surface area contributed by atoms with E-state index in [1.165, 1.54) is 0 Å². The van der Waals surface area contributed by atoms with Gasteiger partial charge in [0, 0.05) is 6.04 Å². The monoisotopic (exact) mass is 315 g/mol. The predicted molar refractivity (Wildman–Crippen MR) is 88.4 cm³/mol. The van der Waals surface area contributed by atoms with Gasteiger partial charge in [0.1, 0.15) is 6.29 Å². The van der Waals surface area contributed by atoms with Crippen molar-refractivity contribution >= 4 is 24.0 Å². The molecule has 1 rings (SSSR count). The van der Waals surface area contributed by atoms with Crippen LogP contribution in [-0.4, -0.2) is 60.9 Å². The first kappa shape index (κ1) is 18.5. The molecule has 21 heavy (non-hydrogen) atoms. The van der Waals surface area contributed by atoms with Gasteiger partial charge in [-0.05, 0) is 45.0 Å². The van der Waals surface area contributed by atoms with Crippen LogP contribution in [0.25, 0.3) is 0 Å². The lowest BCUT2D eigenvalue weighted by atomic mass is 9.86. The molecule has 1 saturated heterocycles. The summed E-state index contributed by atoms with van der Waals surface area (Å²) in [4.78, 5) is 24.9. The molecule has 1 fully saturated rings. The SMILES string of the molecule is CNCC(=O)N[C@H](C=O)CCSC1CC(C)(C)[C@@H](C)N1C. The highest BCUT2D eigenvalue weighted by Crippen LogP contribution is 2.43. The van der Waals surface area contributed by atoms with E-state index in [0.717, 1.165) is 18.5 Å². The number of carbonyl (C=O) groups excluding carboxylic acids is 2. The number of rotatable bonds is 8. The largest absolute Gasteiger partial charge is 0.345 e. The summed E-state index contributed by atoms with van der Waals surface area (Å²) in [6, 6.07) is 0.183. The maximum atomic E-state index is 11.5.